The van der Waals surface area contributed by atoms with Gasteiger partial charge in [-0.05, 0) is 44.0 Å². The number of alkyl halides is 3. The first kappa shape index (κ1) is 28.8. The van der Waals surface area contributed by atoms with Crippen LogP contribution >= 0.6 is 0 Å². The highest BCUT2D eigenvalue weighted by Crippen LogP contribution is 2.30. The number of aryl methyl sites for hydroxylation is 2. The summed E-state index contributed by atoms with van der Waals surface area (Å²) in [4.78, 5) is 23.6. The van der Waals surface area contributed by atoms with Crippen LogP contribution in [0.25, 0.3) is 0 Å². The molecule has 1 atom stereocenters. The number of carbonyl (C=O) groups is 1. The van der Waals surface area contributed by atoms with Crippen LogP contribution in [0.3, 0.4) is 0 Å². The number of hydrogen-bond donors (Lipinski definition) is 2. The van der Waals surface area contributed by atoms with E-state index in [4.69, 9.17) is 14.5 Å². The van der Waals surface area contributed by atoms with Gasteiger partial charge in [0.1, 0.15) is 17.7 Å². The smallest absolute Gasteiger partial charge is 0.416 e. The van der Waals surface area contributed by atoms with Crippen molar-refractivity contribution in [3.8, 4) is 0 Å². The van der Waals surface area contributed by atoms with Crippen LogP contribution in [0.15, 0.2) is 59.7 Å². The topological polar surface area (TPSA) is 101 Å². The molecule has 4 rings (SSSR count). The average molecular weight is 557 g/mol. The summed E-state index contributed by atoms with van der Waals surface area (Å²) in [5.74, 6) is 1.79. The molecule has 3 aromatic rings. The number of benzene rings is 2. The number of nitrogens with one attached hydrogen (secondary N) is 2. The Kier molecular flexibility index (Phi) is 9.54. The van der Waals surface area contributed by atoms with Gasteiger partial charge in [-0.3, -0.25) is 10.7 Å². The van der Waals surface area contributed by atoms with E-state index < -0.39 is 23.9 Å². The highest BCUT2D eigenvalue weighted by atomic mass is 19.4. The maximum Gasteiger partial charge on any atom is 0.416 e. The van der Waals surface area contributed by atoms with Gasteiger partial charge < -0.3 is 14.4 Å². The van der Waals surface area contributed by atoms with Crippen molar-refractivity contribution in [1.29, 1.82) is 0 Å². The van der Waals surface area contributed by atoms with Crippen LogP contribution in [0.1, 0.15) is 35.9 Å². The summed E-state index contributed by atoms with van der Waals surface area (Å²) in [7, 11) is 0. The van der Waals surface area contributed by atoms with E-state index in [0.29, 0.717) is 50.8 Å². The fourth-order valence-electron chi connectivity index (χ4n) is 4.02. The summed E-state index contributed by atoms with van der Waals surface area (Å²) in [5, 5.41) is 6.67. The molecule has 12 heteroatoms. The van der Waals surface area contributed by atoms with Crippen molar-refractivity contribution < 1.29 is 27.4 Å². The lowest BCUT2D eigenvalue weighted by atomic mass is 10.2. The van der Waals surface area contributed by atoms with Crippen LogP contribution in [-0.4, -0.2) is 54.7 Å². The molecule has 40 heavy (non-hydrogen) atoms. The second-order valence-electron chi connectivity index (χ2n) is 9.37. The third kappa shape index (κ3) is 8.67. The monoisotopic (exact) mass is 556 g/mol. The van der Waals surface area contributed by atoms with Gasteiger partial charge in [-0.2, -0.15) is 18.3 Å². The third-order valence-corrected chi connectivity index (χ3v) is 6.05. The number of hydrazone groups is 1. The zero-order valence-corrected chi connectivity index (χ0v) is 22.2. The number of hydrogen-bond acceptors (Lipinski definition) is 8. The fourth-order valence-corrected chi connectivity index (χ4v) is 4.02. The van der Waals surface area contributed by atoms with Gasteiger partial charge in [0.05, 0.1) is 25.0 Å². The minimum Gasteiger partial charge on any atom is -0.446 e. The minimum absolute atomic E-state index is 0.00416. The molecule has 1 fully saturated rings. The lowest BCUT2D eigenvalue weighted by Gasteiger charge is -2.28. The van der Waals surface area contributed by atoms with Crippen molar-refractivity contribution in [2.75, 3.05) is 41.9 Å². The molecule has 0 bridgehead atoms. The van der Waals surface area contributed by atoms with Gasteiger partial charge in [0, 0.05) is 31.3 Å². The molecule has 0 spiro atoms. The number of morpholine rings is 1. The summed E-state index contributed by atoms with van der Waals surface area (Å²) in [6.07, 6.45) is -3.40. The van der Waals surface area contributed by atoms with Gasteiger partial charge in [-0.15, -0.1) is 0 Å². The minimum atomic E-state index is -4.51. The van der Waals surface area contributed by atoms with Crippen molar-refractivity contribution in [3.63, 3.8) is 0 Å². The highest BCUT2D eigenvalue weighted by molar-refractivity contribution is 5.84. The fraction of sp³-hybridized carbons (Fsp3) is 0.357. The Hall–Kier alpha value is -4.19. The number of nitrogens with zero attached hydrogens (tertiary/aromatic N) is 4. The first-order valence-corrected chi connectivity index (χ1v) is 12.9. The van der Waals surface area contributed by atoms with E-state index in [1.165, 1.54) is 12.1 Å². The number of amides is 1. The third-order valence-electron chi connectivity index (χ3n) is 6.05. The standard InChI is InChI=1S/C28H31F3N6O3/c1-19-5-3-6-21(15-19)18-32-36-25-17-26(37-11-13-39-14-12-37)35-24(34-25)10-9-20(2)40-27(38)33-23-8-4-7-22(16-23)28(29,30)31/h3-8,15-18,20H,9-14H2,1-2H3,(H,33,38)(H,34,35,36)/b32-18+. The van der Waals surface area contributed by atoms with Crippen LogP contribution in [0, 0.1) is 6.92 Å². The number of anilines is 3. The molecule has 1 aliphatic rings. The summed E-state index contributed by atoms with van der Waals surface area (Å²) >= 11 is 0. The zero-order valence-electron chi connectivity index (χ0n) is 22.2. The molecule has 2 heterocycles. The van der Waals surface area contributed by atoms with Gasteiger partial charge in [-0.1, -0.05) is 35.9 Å². The maximum atomic E-state index is 12.9. The molecule has 212 valence electrons. The summed E-state index contributed by atoms with van der Waals surface area (Å²) in [6, 6.07) is 14.1. The predicted octanol–water partition coefficient (Wildman–Crippen LogP) is 5.66. The number of aromatic nitrogens is 2. The second-order valence-corrected chi connectivity index (χ2v) is 9.37. The molecule has 2 N–H and O–H groups in total. The molecule has 0 aliphatic carbocycles. The van der Waals surface area contributed by atoms with Gasteiger partial charge in [0.25, 0.3) is 0 Å². The van der Waals surface area contributed by atoms with E-state index >= 15 is 0 Å². The molecular weight excluding hydrogens is 525 g/mol. The number of rotatable bonds is 9. The van der Waals surface area contributed by atoms with Gasteiger partial charge >= 0.3 is 12.3 Å². The summed E-state index contributed by atoms with van der Waals surface area (Å²) < 4.78 is 49.6. The molecule has 1 aromatic heterocycles. The lowest BCUT2D eigenvalue weighted by molar-refractivity contribution is -0.137. The maximum absolute atomic E-state index is 12.9. The largest absolute Gasteiger partial charge is 0.446 e. The van der Waals surface area contributed by atoms with Crippen molar-refractivity contribution in [2.45, 2.75) is 39.0 Å². The normalized spacial score (nSPS) is 14.7. The van der Waals surface area contributed by atoms with Crippen molar-refractivity contribution >= 4 is 29.6 Å². The molecule has 1 saturated heterocycles. The molecule has 2 aromatic carbocycles. The second kappa shape index (κ2) is 13.2. The van der Waals surface area contributed by atoms with E-state index in [1.807, 2.05) is 37.3 Å². The Labute approximate surface area is 230 Å². The van der Waals surface area contributed by atoms with Crippen molar-refractivity contribution in [2.24, 2.45) is 5.10 Å². The zero-order chi connectivity index (χ0) is 28.5. The molecule has 1 unspecified atom stereocenters. The van der Waals surface area contributed by atoms with Gasteiger partial charge in [-0.25, -0.2) is 14.8 Å². The Morgan fingerprint density at radius 3 is 2.67 bits per heavy atom. The van der Waals surface area contributed by atoms with E-state index in [-0.39, 0.29) is 5.69 Å². The highest BCUT2D eigenvalue weighted by Gasteiger charge is 2.30. The van der Waals surface area contributed by atoms with Crippen molar-refractivity contribution in [3.05, 3.63) is 77.1 Å². The number of ether oxygens (including phenoxy) is 2. The van der Waals surface area contributed by atoms with Crippen LogP contribution < -0.4 is 15.6 Å². The lowest BCUT2D eigenvalue weighted by Crippen LogP contribution is -2.37. The van der Waals surface area contributed by atoms with Crippen LogP contribution in [-0.2, 0) is 22.1 Å². The Balaban J connectivity index is 1.38. The average Bonchev–Trinajstić information content (AvgIpc) is 2.92. The van der Waals surface area contributed by atoms with E-state index in [9.17, 15) is 18.0 Å². The molecular formula is C28H31F3N6O3. The molecule has 0 saturated carbocycles. The van der Waals surface area contributed by atoms with Crippen LogP contribution in [0.5, 0.6) is 0 Å². The summed E-state index contributed by atoms with van der Waals surface area (Å²) in [5.41, 5.74) is 4.19. The van der Waals surface area contributed by atoms with E-state index in [0.717, 1.165) is 29.1 Å². The molecule has 1 amide bonds. The molecule has 9 nitrogen and oxygen atoms in total. The van der Waals surface area contributed by atoms with Crippen LogP contribution in [0.4, 0.5) is 35.3 Å². The summed E-state index contributed by atoms with van der Waals surface area (Å²) in [6.45, 7) is 6.28. The molecule has 0 radical (unpaired) electrons. The number of halogens is 3. The quantitative estimate of drug-likeness (QED) is 0.259. The first-order valence-electron chi connectivity index (χ1n) is 12.9. The Bertz CT molecular complexity index is 1330. The Morgan fingerprint density at radius 2 is 1.93 bits per heavy atom. The molecule has 1 aliphatic heterocycles. The SMILES string of the molecule is Cc1cccc(/C=N/Nc2cc(N3CCOCC3)nc(CCC(C)OC(=O)Nc3cccc(C(F)(F)F)c3)n2)c1. The Morgan fingerprint density at radius 1 is 1.15 bits per heavy atom. The number of carbonyl (C=O) groups excluding carboxylic acids is 1. The predicted molar refractivity (Wildman–Crippen MR) is 147 cm³/mol. The van der Waals surface area contributed by atoms with Crippen molar-refractivity contribution in [1.82, 2.24) is 9.97 Å². The van der Waals surface area contributed by atoms with Crippen LogP contribution in [0.2, 0.25) is 0 Å². The van der Waals surface area contributed by atoms with E-state index in [2.05, 4.69) is 25.7 Å². The van der Waals surface area contributed by atoms with Gasteiger partial charge in [0.2, 0.25) is 0 Å². The van der Waals surface area contributed by atoms with Gasteiger partial charge in [0.15, 0.2) is 5.82 Å². The van der Waals surface area contributed by atoms with E-state index in [1.54, 1.807) is 13.1 Å². The first-order chi connectivity index (χ1) is 19.2.